The van der Waals surface area contributed by atoms with E-state index in [1.807, 2.05) is 35.9 Å². The second kappa shape index (κ2) is 6.50. The lowest BCUT2D eigenvalue weighted by molar-refractivity contribution is 0.410. The highest BCUT2D eigenvalue weighted by Crippen LogP contribution is 2.22. The first kappa shape index (κ1) is 15.7. The number of pyridine rings is 1. The maximum absolute atomic E-state index is 13.4. The van der Waals surface area contributed by atoms with Gasteiger partial charge in [-0.3, -0.25) is 4.21 Å². The number of rotatable bonds is 5. The highest BCUT2D eigenvalue weighted by Gasteiger charge is 2.12. The van der Waals surface area contributed by atoms with Crippen LogP contribution in [0.15, 0.2) is 42.7 Å². The van der Waals surface area contributed by atoms with Crippen molar-refractivity contribution in [1.82, 2.24) is 9.38 Å². The summed E-state index contributed by atoms with van der Waals surface area (Å²) in [4.78, 5) is 4.52. The van der Waals surface area contributed by atoms with Crippen molar-refractivity contribution in [2.75, 3.05) is 7.11 Å². The van der Waals surface area contributed by atoms with Gasteiger partial charge in [0.25, 0.3) is 0 Å². The molecular formula is C17H17FN2O2S. The first-order valence-corrected chi connectivity index (χ1v) is 8.66. The smallest absolute Gasteiger partial charge is 0.139 e. The van der Waals surface area contributed by atoms with E-state index in [4.69, 9.17) is 4.74 Å². The van der Waals surface area contributed by atoms with Gasteiger partial charge < -0.3 is 9.14 Å². The molecule has 6 heteroatoms. The van der Waals surface area contributed by atoms with Gasteiger partial charge in [0.05, 0.1) is 24.3 Å². The van der Waals surface area contributed by atoms with Gasteiger partial charge in [-0.1, -0.05) is 6.07 Å². The first-order valence-electron chi connectivity index (χ1n) is 7.17. The van der Waals surface area contributed by atoms with E-state index < -0.39 is 10.8 Å². The molecule has 3 rings (SSSR count). The minimum absolute atomic E-state index is 0.230. The number of hydrogen-bond donors (Lipinski definition) is 0. The van der Waals surface area contributed by atoms with Crippen molar-refractivity contribution in [3.8, 4) is 5.75 Å². The van der Waals surface area contributed by atoms with Crippen LogP contribution < -0.4 is 4.74 Å². The van der Waals surface area contributed by atoms with E-state index in [1.54, 1.807) is 6.07 Å². The van der Waals surface area contributed by atoms with Gasteiger partial charge in [-0.2, -0.15) is 0 Å². The molecule has 0 aliphatic carbocycles. The molecule has 2 heterocycles. The lowest BCUT2D eigenvalue weighted by Gasteiger charge is -2.07. The molecule has 0 fully saturated rings. The number of halogens is 1. The summed E-state index contributed by atoms with van der Waals surface area (Å²) in [5, 5.41) is 0. The normalized spacial score (nSPS) is 12.5. The predicted octanol–water partition coefficient (Wildman–Crippen LogP) is 3.24. The van der Waals surface area contributed by atoms with E-state index in [2.05, 4.69) is 4.98 Å². The van der Waals surface area contributed by atoms with E-state index in [0.717, 1.165) is 16.9 Å². The van der Waals surface area contributed by atoms with Gasteiger partial charge in [0.1, 0.15) is 17.2 Å². The van der Waals surface area contributed by atoms with Crippen LogP contribution in [-0.2, 0) is 22.3 Å². The minimum Gasteiger partial charge on any atom is -0.496 e. The zero-order valence-corrected chi connectivity index (χ0v) is 13.8. The Labute approximate surface area is 136 Å². The summed E-state index contributed by atoms with van der Waals surface area (Å²) in [6.07, 6.45) is 3.79. The van der Waals surface area contributed by atoms with Gasteiger partial charge >= 0.3 is 0 Å². The molecule has 4 nitrogen and oxygen atoms in total. The van der Waals surface area contributed by atoms with Crippen molar-refractivity contribution >= 4 is 16.4 Å². The lowest BCUT2D eigenvalue weighted by Crippen LogP contribution is -2.02. The average Bonchev–Trinajstić information content (AvgIpc) is 2.91. The molecular weight excluding hydrogens is 315 g/mol. The summed E-state index contributed by atoms with van der Waals surface area (Å²) >= 11 is 0. The number of fused-ring (bicyclic) bond motifs is 1. The molecule has 0 radical (unpaired) electrons. The number of methoxy groups -OCH3 is 1. The van der Waals surface area contributed by atoms with Crippen LogP contribution in [0.3, 0.4) is 0 Å². The molecule has 0 amide bonds. The van der Waals surface area contributed by atoms with Crippen LogP contribution >= 0.6 is 0 Å². The molecule has 0 saturated heterocycles. The second-order valence-electron chi connectivity index (χ2n) is 5.34. The van der Waals surface area contributed by atoms with Crippen LogP contribution in [0.5, 0.6) is 5.75 Å². The first-order chi connectivity index (χ1) is 11.1. The molecule has 1 atom stereocenters. The third kappa shape index (κ3) is 3.42. The third-order valence-corrected chi connectivity index (χ3v) is 4.85. The summed E-state index contributed by atoms with van der Waals surface area (Å²) in [6.45, 7) is 1.99. The van der Waals surface area contributed by atoms with E-state index >= 15 is 0 Å². The van der Waals surface area contributed by atoms with Gasteiger partial charge in [0.2, 0.25) is 0 Å². The van der Waals surface area contributed by atoms with Gasteiger partial charge in [-0.15, -0.1) is 0 Å². The quantitative estimate of drug-likeness (QED) is 0.720. The largest absolute Gasteiger partial charge is 0.496 e. The fourth-order valence-electron chi connectivity index (χ4n) is 2.52. The van der Waals surface area contributed by atoms with Gasteiger partial charge in [0.15, 0.2) is 0 Å². The molecule has 0 spiro atoms. The summed E-state index contributed by atoms with van der Waals surface area (Å²) in [5.74, 6) is 0.737. The van der Waals surface area contributed by atoms with Crippen molar-refractivity contribution in [2.45, 2.75) is 18.4 Å². The monoisotopic (exact) mass is 332 g/mol. The number of ether oxygens (including phenoxy) is 1. The highest BCUT2D eigenvalue weighted by atomic mass is 32.2. The molecule has 0 aliphatic heterocycles. The van der Waals surface area contributed by atoms with Crippen LogP contribution in [0.2, 0.25) is 0 Å². The number of aromatic nitrogens is 2. The van der Waals surface area contributed by atoms with Crippen molar-refractivity contribution in [2.24, 2.45) is 0 Å². The van der Waals surface area contributed by atoms with Crippen molar-refractivity contribution < 1.29 is 13.3 Å². The molecule has 1 aromatic carbocycles. The highest BCUT2D eigenvalue weighted by molar-refractivity contribution is 7.83. The summed E-state index contributed by atoms with van der Waals surface area (Å²) in [6, 6.07) is 8.18. The number of aryl methyl sites for hydroxylation is 1. The standard InChI is InChI=1S/C17H17FN2O2S/c1-12-4-3-7-20-9-15(19-17(12)20)11-23(21)10-13-8-14(18)5-6-16(13)22-2/h3-9H,10-11H2,1-2H3/t23-/m0/s1. The molecule has 0 bridgehead atoms. The Bertz CT molecular complexity index is 876. The van der Waals surface area contributed by atoms with E-state index in [1.165, 1.54) is 19.2 Å². The summed E-state index contributed by atoms with van der Waals surface area (Å²) in [7, 11) is 0.320. The zero-order valence-electron chi connectivity index (χ0n) is 13.0. The van der Waals surface area contributed by atoms with Crippen molar-refractivity contribution in [3.63, 3.8) is 0 Å². The number of imidazole rings is 1. The summed E-state index contributed by atoms with van der Waals surface area (Å²) in [5.41, 5.74) is 3.29. The van der Waals surface area contributed by atoms with E-state index in [-0.39, 0.29) is 11.6 Å². The number of nitrogens with zero attached hydrogens (tertiary/aromatic N) is 2. The fourth-order valence-corrected chi connectivity index (χ4v) is 3.67. The van der Waals surface area contributed by atoms with Crippen molar-refractivity contribution in [3.05, 3.63) is 65.4 Å². The maximum atomic E-state index is 13.4. The van der Waals surface area contributed by atoms with Gasteiger partial charge in [-0.05, 0) is 36.8 Å². The number of hydrogen-bond acceptors (Lipinski definition) is 3. The van der Waals surface area contributed by atoms with Crippen LogP contribution in [0.1, 0.15) is 16.8 Å². The van der Waals surface area contributed by atoms with Crippen LogP contribution in [0.25, 0.3) is 5.65 Å². The van der Waals surface area contributed by atoms with E-state index in [0.29, 0.717) is 17.1 Å². The average molecular weight is 332 g/mol. The Hall–Kier alpha value is -2.21. The van der Waals surface area contributed by atoms with Gasteiger partial charge in [-0.25, -0.2) is 9.37 Å². The molecule has 0 aliphatic rings. The fraction of sp³-hybridized carbons (Fsp3) is 0.235. The predicted molar refractivity (Wildman–Crippen MR) is 88.4 cm³/mol. The molecule has 2 aromatic heterocycles. The maximum Gasteiger partial charge on any atom is 0.139 e. The van der Waals surface area contributed by atoms with Crippen molar-refractivity contribution in [1.29, 1.82) is 0 Å². The molecule has 0 unspecified atom stereocenters. The molecule has 0 N–H and O–H groups in total. The minimum atomic E-state index is -1.20. The summed E-state index contributed by atoms with van der Waals surface area (Å²) < 4.78 is 32.9. The lowest BCUT2D eigenvalue weighted by atomic mass is 10.2. The zero-order chi connectivity index (χ0) is 16.4. The molecule has 120 valence electrons. The molecule has 0 saturated carbocycles. The Morgan fingerprint density at radius 2 is 2.13 bits per heavy atom. The third-order valence-electron chi connectivity index (χ3n) is 3.60. The Kier molecular flexibility index (Phi) is 4.43. The Morgan fingerprint density at radius 1 is 1.30 bits per heavy atom. The Balaban J connectivity index is 1.78. The number of benzene rings is 1. The van der Waals surface area contributed by atoms with Crippen LogP contribution in [0, 0.1) is 12.7 Å². The van der Waals surface area contributed by atoms with Gasteiger partial charge in [0, 0.05) is 28.8 Å². The second-order valence-corrected chi connectivity index (χ2v) is 6.80. The molecule has 23 heavy (non-hydrogen) atoms. The van der Waals surface area contributed by atoms with E-state index in [9.17, 15) is 8.60 Å². The van der Waals surface area contributed by atoms with Crippen LogP contribution in [-0.4, -0.2) is 20.7 Å². The Morgan fingerprint density at radius 3 is 2.87 bits per heavy atom. The molecule has 3 aromatic rings. The SMILES string of the molecule is COc1ccc(F)cc1C[S@](=O)Cc1cn2cccc(C)c2n1. The van der Waals surface area contributed by atoms with Crippen LogP contribution in [0.4, 0.5) is 4.39 Å². The topological polar surface area (TPSA) is 43.6 Å².